The summed E-state index contributed by atoms with van der Waals surface area (Å²) >= 11 is 0. The number of nitrogens with zero attached hydrogens (tertiary/aromatic N) is 2. The van der Waals surface area contributed by atoms with Crippen LogP contribution in [-0.2, 0) is 14.3 Å². The fourth-order valence-corrected chi connectivity index (χ4v) is 0.943. The minimum Gasteiger partial charge on any atom is -0.544 e. The second-order valence-electron chi connectivity index (χ2n) is 3.88. The lowest BCUT2D eigenvalue weighted by Crippen LogP contribution is -2.50. The molecule has 0 radical (unpaired) electrons. The number of likely N-dealkylation sites (N-methyl/N-ethyl adjacent to an activating group) is 1. The van der Waals surface area contributed by atoms with Crippen molar-refractivity contribution in [3.05, 3.63) is 23.7 Å². The van der Waals surface area contributed by atoms with Crippen LogP contribution in [-0.4, -0.2) is 50.2 Å². The van der Waals surface area contributed by atoms with Crippen molar-refractivity contribution in [3.63, 3.8) is 0 Å². The van der Waals surface area contributed by atoms with Crippen molar-refractivity contribution >= 4 is 11.9 Å². The molecule has 16 heavy (non-hydrogen) atoms. The van der Waals surface area contributed by atoms with Gasteiger partial charge in [0.15, 0.2) is 0 Å². The van der Waals surface area contributed by atoms with Gasteiger partial charge in [-0.2, -0.15) is 0 Å². The molecule has 6 heteroatoms. The standard InChI is InChI=1S/C10H14N2O4/c1-8(11-2)10(15)16-6-5-12(3,4)7-9(13)14/h1,5-7H2,3-4H3. The topological polar surface area (TPSA) is 70.8 Å². The van der Waals surface area contributed by atoms with Crippen molar-refractivity contribution in [2.24, 2.45) is 0 Å². The molecular weight excluding hydrogens is 212 g/mol. The number of carbonyl (C=O) groups is 2. The first-order valence-electron chi connectivity index (χ1n) is 4.54. The fourth-order valence-electron chi connectivity index (χ4n) is 0.943. The highest BCUT2D eigenvalue weighted by Crippen LogP contribution is 1.99. The molecule has 0 atom stereocenters. The predicted molar refractivity (Wildman–Crippen MR) is 53.6 cm³/mol. The van der Waals surface area contributed by atoms with Gasteiger partial charge in [0.1, 0.15) is 19.7 Å². The highest BCUT2D eigenvalue weighted by Gasteiger charge is 2.16. The molecule has 0 amide bonds. The number of ether oxygens (including phenoxy) is 1. The van der Waals surface area contributed by atoms with Gasteiger partial charge in [-0.25, -0.2) is 4.85 Å². The molecule has 0 rings (SSSR count). The van der Waals surface area contributed by atoms with Gasteiger partial charge < -0.3 is 19.1 Å². The molecule has 88 valence electrons. The number of hydrogen-bond acceptors (Lipinski definition) is 4. The molecule has 0 bridgehead atoms. The summed E-state index contributed by atoms with van der Waals surface area (Å²) < 4.78 is 4.87. The average Bonchev–Trinajstić information content (AvgIpc) is 2.13. The summed E-state index contributed by atoms with van der Waals surface area (Å²) in [6, 6.07) is 0. The summed E-state index contributed by atoms with van der Waals surface area (Å²) in [5.74, 6) is -1.94. The molecule has 0 aromatic heterocycles. The molecule has 0 saturated heterocycles. The third kappa shape index (κ3) is 5.78. The molecule has 6 nitrogen and oxygen atoms in total. The van der Waals surface area contributed by atoms with Gasteiger partial charge in [-0.15, -0.1) is 0 Å². The average molecular weight is 226 g/mol. The van der Waals surface area contributed by atoms with Crippen molar-refractivity contribution in [2.75, 3.05) is 33.8 Å². The molecule has 0 aliphatic carbocycles. The van der Waals surface area contributed by atoms with Crippen LogP contribution in [0, 0.1) is 6.57 Å². The number of carboxylic acids is 1. The van der Waals surface area contributed by atoms with Gasteiger partial charge in [-0.05, 0) is 0 Å². The monoisotopic (exact) mass is 226 g/mol. The number of carbonyl (C=O) groups excluding carboxylic acids is 2. The summed E-state index contributed by atoms with van der Waals surface area (Å²) in [4.78, 5) is 24.2. The maximum absolute atomic E-state index is 11.0. The van der Waals surface area contributed by atoms with E-state index in [9.17, 15) is 14.7 Å². The normalized spacial score (nSPS) is 10.3. The minimum atomic E-state index is -1.16. The van der Waals surface area contributed by atoms with Crippen LogP contribution >= 0.6 is 0 Å². The second kappa shape index (κ2) is 5.88. The van der Waals surface area contributed by atoms with E-state index in [1.54, 1.807) is 14.1 Å². The van der Waals surface area contributed by atoms with Crippen LogP contribution < -0.4 is 5.11 Å². The lowest BCUT2D eigenvalue weighted by Gasteiger charge is -2.29. The van der Waals surface area contributed by atoms with Crippen LogP contribution in [0.15, 0.2) is 12.3 Å². The van der Waals surface area contributed by atoms with Crippen molar-refractivity contribution in [3.8, 4) is 0 Å². The van der Waals surface area contributed by atoms with E-state index in [2.05, 4.69) is 11.4 Å². The molecule has 0 spiro atoms. The first kappa shape index (κ1) is 14.1. The Kier molecular flexibility index (Phi) is 5.19. The van der Waals surface area contributed by atoms with E-state index in [0.29, 0.717) is 6.54 Å². The summed E-state index contributed by atoms with van der Waals surface area (Å²) in [6.45, 7) is 9.92. The molecule has 0 saturated carbocycles. The lowest BCUT2D eigenvalue weighted by molar-refractivity contribution is -0.884. The Morgan fingerprint density at radius 3 is 2.50 bits per heavy atom. The van der Waals surface area contributed by atoms with Crippen molar-refractivity contribution in [1.29, 1.82) is 0 Å². The van der Waals surface area contributed by atoms with Crippen LogP contribution in [0.5, 0.6) is 0 Å². The summed E-state index contributed by atoms with van der Waals surface area (Å²) in [6.07, 6.45) is 0. The molecule has 0 aliphatic heterocycles. The smallest absolute Gasteiger partial charge is 0.335 e. The molecular formula is C10H14N2O4. The van der Waals surface area contributed by atoms with E-state index in [1.165, 1.54) is 0 Å². The Morgan fingerprint density at radius 1 is 1.50 bits per heavy atom. The quantitative estimate of drug-likeness (QED) is 0.246. The maximum atomic E-state index is 11.0. The zero-order valence-corrected chi connectivity index (χ0v) is 9.36. The van der Waals surface area contributed by atoms with Crippen LogP contribution in [0.1, 0.15) is 0 Å². The molecule has 0 aromatic rings. The van der Waals surface area contributed by atoms with Gasteiger partial charge in [0.05, 0.1) is 26.6 Å². The van der Waals surface area contributed by atoms with Gasteiger partial charge in [-0.3, -0.25) is 4.79 Å². The van der Waals surface area contributed by atoms with E-state index < -0.39 is 11.9 Å². The Bertz CT molecular complexity index is 341. The van der Waals surface area contributed by atoms with Gasteiger partial charge in [0, 0.05) is 0 Å². The minimum absolute atomic E-state index is 0.0354. The number of esters is 1. The van der Waals surface area contributed by atoms with E-state index in [4.69, 9.17) is 11.3 Å². The number of rotatable bonds is 6. The van der Waals surface area contributed by atoms with Crippen LogP contribution in [0.4, 0.5) is 0 Å². The maximum Gasteiger partial charge on any atom is 0.335 e. The largest absolute Gasteiger partial charge is 0.544 e. The van der Waals surface area contributed by atoms with E-state index in [-0.39, 0.29) is 23.3 Å². The number of quaternary nitrogens is 1. The van der Waals surface area contributed by atoms with E-state index in [1.807, 2.05) is 0 Å². The van der Waals surface area contributed by atoms with E-state index in [0.717, 1.165) is 0 Å². The number of carboxylic acid groups (broad SMARTS) is 1. The third-order valence-electron chi connectivity index (χ3n) is 1.86. The van der Waals surface area contributed by atoms with Gasteiger partial charge in [0.25, 0.3) is 5.70 Å². The second-order valence-corrected chi connectivity index (χ2v) is 3.88. The summed E-state index contributed by atoms with van der Waals surface area (Å²) in [7, 11) is 3.35. The first-order valence-corrected chi connectivity index (χ1v) is 4.54. The Labute approximate surface area is 94.1 Å². The lowest BCUT2D eigenvalue weighted by atomic mass is 10.4. The SMILES string of the molecule is [C-]#[N+]C(=C)C(=O)OCC[N+](C)(C)CC(=O)[O-]. The summed E-state index contributed by atoms with van der Waals surface area (Å²) in [5.41, 5.74) is -0.287. The van der Waals surface area contributed by atoms with Crippen molar-refractivity contribution < 1.29 is 23.9 Å². The van der Waals surface area contributed by atoms with Gasteiger partial charge in [0.2, 0.25) is 0 Å². The van der Waals surface area contributed by atoms with Crippen LogP contribution in [0.2, 0.25) is 0 Å². The predicted octanol–water partition coefficient (Wildman–Crippen LogP) is -1.21. The molecule has 0 heterocycles. The van der Waals surface area contributed by atoms with Crippen molar-refractivity contribution in [2.45, 2.75) is 0 Å². The van der Waals surface area contributed by atoms with Crippen LogP contribution in [0.25, 0.3) is 4.85 Å². The molecule has 0 fully saturated rings. The zero-order chi connectivity index (χ0) is 12.8. The molecule has 0 aliphatic rings. The summed E-state index contributed by atoms with van der Waals surface area (Å²) in [5, 5.41) is 10.4. The fraction of sp³-hybridized carbons (Fsp3) is 0.500. The Morgan fingerprint density at radius 2 is 2.06 bits per heavy atom. The van der Waals surface area contributed by atoms with Gasteiger partial charge >= 0.3 is 5.97 Å². The molecule has 0 N–H and O–H groups in total. The molecule has 0 aromatic carbocycles. The van der Waals surface area contributed by atoms with Gasteiger partial charge in [-0.1, -0.05) is 6.58 Å². The molecule has 0 unspecified atom stereocenters. The Balaban J connectivity index is 3.99. The van der Waals surface area contributed by atoms with Crippen molar-refractivity contribution in [1.82, 2.24) is 0 Å². The highest BCUT2D eigenvalue weighted by atomic mass is 16.5. The van der Waals surface area contributed by atoms with Crippen LogP contribution in [0.3, 0.4) is 0 Å². The first-order chi connectivity index (χ1) is 7.28. The number of hydrogen-bond donors (Lipinski definition) is 0. The highest BCUT2D eigenvalue weighted by molar-refractivity contribution is 5.89. The van der Waals surface area contributed by atoms with E-state index >= 15 is 0 Å². The zero-order valence-electron chi connectivity index (χ0n) is 9.36. The third-order valence-corrected chi connectivity index (χ3v) is 1.86. The Hall–Kier alpha value is -1.87. The number of aliphatic carboxylic acids is 1.